The smallest absolute Gasteiger partial charge is 0.420 e. The number of ether oxygens (including phenoxy) is 1. The molecule has 2 aromatic rings. The maximum absolute atomic E-state index is 13.4. The van der Waals surface area contributed by atoms with Crippen LogP contribution in [0.2, 0.25) is 0 Å². The molecule has 1 aromatic heterocycles. The zero-order chi connectivity index (χ0) is 25.5. The summed E-state index contributed by atoms with van der Waals surface area (Å²) in [7, 11) is 0. The number of carbonyl (C=O) groups excluding carboxylic acids is 2. The van der Waals surface area contributed by atoms with Crippen LogP contribution in [0, 0.1) is 5.82 Å². The summed E-state index contributed by atoms with van der Waals surface area (Å²) in [6, 6.07) is 5.13. The van der Waals surface area contributed by atoms with Crippen molar-refractivity contribution in [2.24, 2.45) is 5.73 Å². The van der Waals surface area contributed by atoms with Crippen molar-refractivity contribution in [2.75, 3.05) is 4.90 Å². The average molecular weight is 494 g/mol. The normalized spacial score (nSPS) is 22.1. The van der Waals surface area contributed by atoms with Gasteiger partial charge >= 0.3 is 6.18 Å². The monoisotopic (exact) mass is 494 g/mol. The molecule has 2 bridgehead atoms. The van der Waals surface area contributed by atoms with Crippen molar-refractivity contribution in [1.82, 2.24) is 10.3 Å². The number of primary amides is 1. The summed E-state index contributed by atoms with van der Waals surface area (Å²) in [5.41, 5.74) is 2.92. The van der Waals surface area contributed by atoms with Gasteiger partial charge < -0.3 is 20.7 Å². The largest absolute Gasteiger partial charge is 0.477 e. The molecule has 0 radical (unpaired) electrons. The van der Waals surface area contributed by atoms with Crippen molar-refractivity contribution in [2.45, 2.75) is 69.4 Å². The molecule has 4 rings (SSSR count). The van der Waals surface area contributed by atoms with Gasteiger partial charge in [-0.15, -0.1) is 0 Å². The quantitative estimate of drug-likeness (QED) is 0.596. The Morgan fingerprint density at radius 3 is 2.40 bits per heavy atom. The second-order valence-corrected chi connectivity index (χ2v) is 9.42. The zero-order valence-electron chi connectivity index (χ0n) is 19.2. The fourth-order valence-corrected chi connectivity index (χ4v) is 4.93. The summed E-state index contributed by atoms with van der Waals surface area (Å²) in [6.07, 6.45) is -0.424. The van der Waals surface area contributed by atoms with Gasteiger partial charge in [0.05, 0.1) is 5.56 Å². The first-order valence-corrected chi connectivity index (χ1v) is 11.3. The Kier molecular flexibility index (Phi) is 6.37. The number of anilines is 1. The van der Waals surface area contributed by atoms with Crippen LogP contribution in [0.15, 0.2) is 36.5 Å². The van der Waals surface area contributed by atoms with E-state index >= 15 is 0 Å². The SMILES string of the molecule is CC(C)(Oc1ccc(F)cc1C(F)(F)F)C(=O)NC1CC2CCC(C1)N2c1ncccc1C(N)=O. The van der Waals surface area contributed by atoms with Gasteiger partial charge in [-0.1, -0.05) is 0 Å². The standard InChI is InChI=1S/C24H26F4N4O3/c1-23(2,35-19-8-5-13(25)10-18(19)24(26,27)28)22(34)31-14-11-15-6-7-16(12-14)32(15)21-17(20(29)33)4-3-9-30-21/h3-5,8-10,14-16H,6-7,11-12H2,1-2H3,(H2,29,33)(H,31,34). The molecule has 0 aliphatic carbocycles. The molecular formula is C24H26F4N4O3. The first-order chi connectivity index (χ1) is 16.4. The van der Waals surface area contributed by atoms with Crippen LogP contribution in [0.3, 0.4) is 0 Å². The van der Waals surface area contributed by atoms with Gasteiger partial charge in [0.1, 0.15) is 22.9 Å². The van der Waals surface area contributed by atoms with E-state index in [9.17, 15) is 27.2 Å². The number of carbonyl (C=O) groups is 2. The third kappa shape index (κ3) is 5.03. The molecule has 3 N–H and O–H groups in total. The van der Waals surface area contributed by atoms with Gasteiger partial charge in [-0.25, -0.2) is 9.37 Å². The Hall–Kier alpha value is -3.37. The highest BCUT2D eigenvalue weighted by Crippen LogP contribution is 2.40. The summed E-state index contributed by atoms with van der Waals surface area (Å²) >= 11 is 0. The summed E-state index contributed by atoms with van der Waals surface area (Å²) in [5, 5.41) is 2.90. The van der Waals surface area contributed by atoms with Gasteiger partial charge in [0.25, 0.3) is 11.8 Å². The molecule has 2 aliphatic rings. The summed E-state index contributed by atoms with van der Waals surface area (Å²) in [5.74, 6) is -2.30. The number of alkyl halides is 3. The molecule has 0 spiro atoms. The van der Waals surface area contributed by atoms with E-state index < -0.39 is 40.7 Å². The molecule has 188 valence electrons. The number of hydrogen-bond donors (Lipinski definition) is 2. The van der Waals surface area contributed by atoms with Crippen LogP contribution in [0.1, 0.15) is 55.5 Å². The minimum atomic E-state index is -4.84. The molecular weight excluding hydrogens is 468 g/mol. The zero-order valence-corrected chi connectivity index (χ0v) is 19.2. The van der Waals surface area contributed by atoms with Crippen molar-refractivity contribution >= 4 is 17.6 Å². The van der Waals surface area contributed by atoms with Gasteiger partial charge in [-0.05, 0) is 69.9 Å². The van der Waals surface area contributed by atoms with Gasteiger partial charge in [0.2, 0.25) is 0 Å². The van der Waals surface area contributed by atoms with Crippen molar-refractivity contribution in [3.8, 4) is 5.75 Å². The second kappa shape index (κ2) is 9.01. The van der Waals surface area contributed by atoms with Crippen LogP contribution in [-0.2, 0) is 11.0 Å². The topological polar surface area (TPSA) is 97.6 Å². The maximum Gasteiger partial charge on any atom is 0.420 e. The molecule has 2 fully saturated rings. The van der Waals surface area contributed by atoms with E-state index in [1.54, 1.807) is 18.3 Å². The fraction of sp³-hybridized carbons (Fsp3) is 0.458. The molecule has 0 saturated carbocycles. The van der Waals surface area contributed by atoms with E-state index in [1.807, 2.05) is 0 Å². The molecule has 1 aromatic carbocycles. The number of aromatic nitrogens is 1. The predicted molar refractivity (Wildman–Crippen MR) is 119 cm³/mol. The van der Waals surface area contributed by atoms with Crippen molar-refractivity contribution in [3.63, 3.8) is 0 Å². The van der Waals surface area contributed by atoms with Gasteiger partial charge in [-0.3, -0.25) is 9.59 Å². The van der Waals surface area contributed by atoms with E-state index in [1.165, 1.54) is 13.8 Å². The van der Waals surface area contributed by atoms with Crippen LogP contribution < -0.4 is 20.7 Å². The van der Waals surface area contributed by atoms with Crippen molar-refractivity contribution < 1.29 is 31.9 Å². The molecule has 2 aliphatic heterocycles. The van der Waals surface area contributed by atoms with E-state index in [-0.39, 0.29) is 18.1 Å². The maximum atomic E-state index is 13.4. The molecule has 3 heterocycles. The van der Waals surface area contributed by atoms with Crippen LogP contribution in [0.5, 0.6) is 5.75 Å². The number of nitrogens with two attached hydrogens (primary N) is 1. The van der Waals surface area contributed by atoms with Crippen LogP contribution >= 0.6 is 0 Å². The summed E-state index contributed by atoms with van der Waals surface area (Å²) < 4.78 is 58.9. The highest BCUT2D eigenvalue weighted by atomic mass is 19.4. The lowest BCUT2D eigenvalue weighted by atomic mass is 9.95. The minimum absolute atomic E-state index is 0.0185. The number of fused-ring (bicyclic) bond motifs is 2. The number of nitrogens with zero attached hydrogens (tertiary/aromatic N) is 2. The Balaban J connectivity index is 1.46. The average Bonchev–Trinajstić information content (AvgIpc) is 3.04. The lowest BCUT2D eigenvalue weighted by Crippen LogP contribution is -2.55. The molecule has 2 atom stereocenters. The van der Waals surface area contributed by atoms with Gasteiger partial charge in [0, 0.05) is 24.3 Å². The van der Waals surface area contributed by atoms with Crippen LogP contribution in [-0.4, -0.2) is 40.5 Å². The third-order valence-electron chi connectivity index (χ3n) is 6.52. The first-order valence-electron chi connectivity index (χ1n) is 11.3. The number of pyridine rings is 1. The van der Waals surface area contributed by atoms with Crippen LogP contribution in [0.25, 0.3) is 0 Å². The van der Waals surface area contributed by atoms with Crippen LogP contribution in [0.4, 0.5) is 23.4 Å². The van der Waals surface area contributed by atoms with Crippen molar-refractivity contribution in [1.29, 1.82) is 0 Å². The Bertz CT molecular complexity index is 1120. The summed E-state index contributed by atoms with van der Waals surface area (Å²) in [4.78, 5) is 31.3. The van der Waals surface area contributed by atoms with E-state index in [0.717, 1.165) is 25.0 Å². The fourth-order valence-electron chi connectivity index (χ4n) is 4.93. The van der Waals surface area contributed by atoms with E-state index in [0.29, 0.717) is 30.3 Å². The highest BCUT2D eigenvalue weighted by Gasteiger charge is 2.44. The number of hydrogen-bond acceptors (Lipinski definition) is 5. The minimum Gasteiger partial charge on any atom is -0.477 e. The lowest BCUT2D eigenvalue weighted by Gasteiger charge is -2.41. The Morgan fingerprint density at radius 1 is 1.14 bits per heavy atom. The molecule has 2 saturated heterocycles. The lowest BCUT2D eigenvalue weighted by molar-refractivity contribution is -0.144. The van der Waals surface area contributed by atoms with E-state index in [2.05, 4.69) is 15.2 Å². The molecule has 11 heteroatoms. The molecule has 2 amide bonds. The molecule has 2 unspecified atom stereocenters. The molecule has 7 nitrogen and oxygen atoms in total. The van der Waals surface area contributed by atoms with Crippen molar-refractivity contribution in [3.05, 3.63) is 53.5 Å². The number of benzene rings is 1. The number of amides is 2. The molecule has 35 heavy (non-hydrogen) atoms. The number of rotatable bonds is 6. The Morgan fingerprint density at radius 2 is 1.80 bits per heavy atom. The number of halogens is 4. The Labute approximate surface area is 199 Å². The van der Waals surface area contributed by atoms with Gasteiger partial charge in [0.15, 0.2) is 5.60 Å². The number of piperidine rings is 1. The highest BCUT2D eigenvalue weighted by molar-refractivity contribution is 5.97. The van der Waals surface area contributed by atoms with Gasteiger partial charge in [-0.2, -0.15) is 13.2 Å². The van der Waals surface area contributed by atoms with E-state index in [4.69, 9.17) is 10.5 Å². The second-order valence-electron chi connectivity index (χ2n) is 9.42. The summed E-state index contributed by atoms with van der Waals surface area (Å²) in [6.45, 7) is 2.73. The third-order valence-corrected chi connectivity index (χ3v) is 6.52. The first kappa shape index (κ1) is 24.7. The number of nitrogens with one attached hydrogen (secondary N) is 1. The predicted octanol–water partition coefficient (Wildman–Crippen LogP) is 3.81.